The van der Waals surface area contributed by atoms with Crippen LogP contribution in [0.2, 0.25) is 5.02 Å². The van der Waals surface area contributed by atoms with Crippen molar-refractivity contribution in [1.82, 2.24) is 4.98 Å². The van der Waals surface area contributed by atoms with Crippen molar-refractivity contribution in [3.05, 3.63) is 71.0 Å². The summed E-state index contributed by atoms with van der Waals surface area (Å²) in [4.78, 5) is 4.04. The molecular formula is C19H20ClNO3. The zero-order chi connectivity index (χ0) is 17.4. The minimum Gasteiger partial charge on any atom is -0.385 e. The Morgan fingerprint density at radius 3 is 2.54 bits per heavy atom. The second kappa shape index (κ2) is 6.30. The molecule has 2 unspecified atom stereocenters. The van der Waals surface area contributed by atoms with Gasteiger partial charge < -0.3 is 14.9 Å². The van der Waals surface area contributed by atoms with E-state index in [2.05, 4.69) is 4.98 Å². The quantitative estimate of drug-likeness (QED) is 0.895. The lowest BCUT2D eigenvalue weighted by molar-refractivity contribution is -0.182. The Labute approximate surface area is 146 Å². The third-order valence-corrected chi connectivity index (χ3v) is 4.86. The summed E-state index contributed by atoms with van der Waals surface area (Å²) in [5.41, 5.74) is -0.694. The van der Waals surface area contributed by atoms with E-state index in [1.54, 1.807) is 56.6 Å². The molecule has 0 saturated carbocycles. The summed E-state index contributed by atoms with van der Waals surface area (Å²) < 4.78 is 5.77. The van der Waals surface area contributed by atoms with Gasteiger partial charge in [0.2, 0.25) is 0 Å². The van der Waals surface area contributed by atoms with Gasteiger partial charge in [-0.15, -0.1) is 0 Å². The van der Waals surface area contributed by atoms with Gasteiger partial charge >= 0.3 is 0 Å². The summed E-state index contributed by atoms with van der Waals surface area (Å²) in [5, 5.41) is 23.2. The SMILES string of the molecule is CC1(C)OCC=C(c2ccc(Cl)cc2)C1(O)C(O)c1cccnc1. The Morgan fingerprint density at radius 1 is 1.21 bits per heavy atom. The highest BCUT2D eigenvalue weighted by Gasteiger charge is 2.55. The first kappa shape index (κ1) is 17.1. The molecule has 4 nitrogen and oxygen atoms in total. The van der Waals surface area contributed by atoms with Gasteiger partial charge in [0.05, 0.1) is 12.2 Å². The summed E-state index contributed by atoms with van der Waals surface area (Å²) in [6, 6.07) is 10.6. The van der Waals surface area contributed by atoms with Crippen LogP contribution in [0.1, 0.15) is 31.1 Å². The van der Waals surface area contributed by atoms with Crippen molar-refractivity contribution < 1.29 is 14.9 Å². The predicted molar refractivity (Wildman–Crippen MR) is 93.6 cm³/mol. The van der Waals surface area contributed by atoms with Crippen molar-refractivity contribution in [1.29, 1.82) is 0 Å². The molecule has 2 heterocycles. The molecule has 126 valence electrons. The molecule has 5 heteroatoms. The number of aliphatic hydroxyl groups excluding tert-OH is 1. The fourth-order valence-corrected chi connectivity index (χ4v) is 3.27. The third-order valence-electron chi connectivity index (χ3n) is 4.61. The van der Waals surface area contributed by atoms with Gasteiger partial charge in [-0.2, -0.15) is 0 Å². The Bertz CT molecular complexity index is 743. The van der Waals surface area contributed by atoms with Crippen LogP contribution in [0.25, 0.3) is 5.57 Å². The largest absolute Gasteiger partial charge is 0.385 e. The van der Waals surface area contributed by atoms with Crippen molar-refractivity contribution in [2.75, 3.05) is 6.61 Å². The smallest absolute Gasteiger partial charge is 0.148 e. The maximum atomic E-state index is 11.6. The molecule has 2 N–H and O–H groups in total. The lowest BCUT2D eigenvalue weighted by Gasteiger charge is -2.49. The summed E-state index contributed by atoms with van der Waals surface area (Å²) >= 11 is 5.97. The normalized spacial score (nSPS) is 24.3. The number of nitrogens with zero attached hydrogens (tertiary/aromatic N) is 1. The molecule has 0 saturated heterocycles. The van der Waals surface area contributed by atoms with Gasteiger partial charge in [0.1, 0.15) is 11.7 Å². The first-order valence-electron chi connectivity index (χ1n) is 7.77. The minimum atomic E-state index is -1.64. The van der Waals surface area contributed by atoms with Crippen LogP contribution in [0.4, 0.5) is 0 Å². The molecule has 0 aliphatic carbocycles. The van der Waals surface area contributed by atoms with E-state index in [4.69, 9.17) is 16.3 Å². The summed E-state index contributed by atoms with van der Waals surface area (Å²) in [6.45, 7) is 3.90. The number of aromatic nitrogens is 1. The summed E-state index contributed by atoms with van der Waals surface area (Å²) in [6.07, 6.45) is 3.78. The molecule has 2 atom stereocenters. The molecule has 1 aliphatic rings. The van der Waals surface area contributed by atoms with E-state index >= 15 is 0 Å². The van der Waals surface area contributed by atoms with E-state index in [1.165, 1.54) is 0 Å². The Kier molecular flexibility index (Phi) is 4.49. The maximum absolute atomic E-state index is 11.6. The Morgan fingerprint density at radius 2 is 1.92 bits per heavy atom. The van der Waals surface area contributed by atoms with Gasteiger partial charge in [-0.3, -0.25) is 4.98 Å². The fraction of sp³-hybridized carbons (Fsp3) is 0.316. The van der Waals surface area contributed by atoms with Crippen LogP contribution in [0.15, 0.2) is 54.9 Å². The van der Waals surface area contributed by atoms with Crippen molar-refractivity contribution in [3.63, 3.8) is 0 Å². The van der Waals surface area contributed by atoms with Crippen LogP contribution in [0.5, 0.6) is 0 Å². The first-order valence-corrected chi connectivity index (χ1v) is 8.15. The van der Waals surface area contributed by atoms with Gasteiger partial charge in [-0.1, -0.05) is 35.9 Å². The number of aliphatic hydroxyl groups is 2. The zero-order valence-electron chi connectivity index (χ0n) is 13.6. The zero-order valence-corrected chi connectivity index (χ0v) is 14.4. The Hall–Kier alpha value is -1.72. The van der Waals surface area contributed by atoms with Gasteiger partial charge in [0.15, 0.2) is 0 Å². The summed E-state index contributed by atoms with van der Waals surface area (Å²) in [7, 11) is 0. The molecule has 1 aromatic carbocycles. The predicted octanol–water partition coefficient (Wildman–Crippen LogP) is 3.39. The number of hydrogen-bond donors (Lipinski definition) is 2. The number of halogens is 1. The van der Waals surface area contributed by atoms with E-state index in [0.29, 0.717) is 22.8 Å². The lowest BCUT2D eigenvalue weighted by Crippen LogP contribution is -2.58. The minimum absolute atomic E-state index is 0.354. The standard InChI is InChI=1S/C19H20ClNO3/c1-18(2)19(23,17(22)14-4-3-10-21-12-14)16(9-11-24-18)13-5-7-15(20)8-6-13/h3-10,12,17,22-23H,11H2,1-2H3. The van der Waals surface area contributed by atoms with E-state index in [9.17, 15) is 10.2 Å². The molecule has 3 rings (SSSR count). The van der Waals surface area contributed by atoms with Crippen LogP contribution in [0.3, 0.4) is 0 Å². The highest BCUT2D eigenvalue weighted by atomic mass is 35.5. The van der Waals surface area contributed by atoms with Crippen LogP contribution >= 0.6 is 11.6 Å². The first-order chi connectivity index (χ1) is 11.4. The van der Waals surface area contributed by atoms with Crippen LogP contribution < -0.4 is 0 Å². The van der Waals surface area contributed by atoms with Crippen molar-refractivity contribution in [2.45, 2.75) is 31.2 Å². The topological polar surface area (TPSA) is 62.6 Å². The van der Waals surface area contributed by atoms with E-state index in [0.717, 1.165) is 5.56 Å². The molecule has 1 aromatic heterocycles. The van der Waals surface area contributed by atoms with Gasteiger partial charge in [0.25, 0.3) is 0 Å². The Balaban J connectivity index is 2.13. The molecule has 0 bridgehead atoms. The van der Waals surface area contributed by atoms with Crippen LogP contribution in [-0.2, 0) is 4.74 Å². The molecule has 0 spiro atoms. The molecule has 1 aliphatic heterocycles. The maximum Gasteiger partial charge on any atom is 0.148 e. The van der Waals surface area contributed by atoms with Crippen molar-refractivity contribution in [3.8, 4) is 0 Å². The monoisotopic (exact) mass is 345 g/mol. The fourth-order valence-electron chi connectivity index (χ4n) is 3.15. The third kappa shape index (κ3) is 2.76. The van der Waals surface area contributed by atoms with Gasteiger partial charge in [-0.05, 0) is 43.2 Å². The number of ether oxygens (including phenoxy) is 1. The molecule has 0 fully saturated rings. The molecule has 0 radical (unpaired) electrons. The highest BCUT2D eigenvalue weighted by molar-refractivity contribution is 6.30. The van der Waals surface area contributed by atoms with E-state index in [-0.39, 0.29) is 0 Å². The van der Waals surface area contributed by atoms with Gasteiger partial charge in [-0.25, -0.2) is 0 Å². The average molecular weight is 346 g/mol. The van der Waals surface area contributed by atoms with E-state index in [1.807, 2.05) is 12.1 Å². The number of rotatable bonds is 3. The van der Waals surface area contributed by atoms with Crippen molar-refractivity contribution in [2.24, 2.45) is 0 Å². The lowest BCUT2D eigenvalue weighted by atomic mass is 9.70. The number of benzene rings is 1. The second-order valence-corrected chi connectivity index (χ2v) is 6.84. The summed E-state index contributed by atoms with van der Waals surface area (Å²) in [5.74, 6) is 0. The van der Waals surface area contributed by atoms with E-state index < -0.39 is 17.3 Å². The molecule has 24 heavy (non-hydrogen) atoms. The molecule has 2 aromatic rings. The molecule has 0 amide bonds. The van der Waals surface area contributed by atoms with Crippen molar-refractivity contribution >= 4 is 17.2 Å². The average Bonchev–Trinajstić information content (AvgIpc) is 2.58. The molecular weight excluding hydrogens is 326 g/mol. The second-order valence-electron chi connectivity index (χ2n) is 6.40. The number of pyridine rings is 1. The van der Waals surface area contributed by atoms with Crippen LogP contribution in [-0.4, -0.2) is 33.0 Å². The van der Waals surface area contributed by atoms with Crippen LogP contribution in [0, 0.1) is 0 Å². The van der Waals surface area contributed by atoms with Gasteiger partial charge in [0, 0.05) is 23.0 Å². The number of hydrogen-bond acceptors (Lipinski definition) is 4. The highest BCUT2D eigenvalue weighted by Crippen LogP contribution is 2.48.